The zero-order valence-corrected chi connectivity index (χ0v) is 11.0. The first-order chi connectivity index (χ1) is 8.69. The molecule has 0 bridgehead atoms. The number of anilines is 1. The number of carbonyl (C=O) groups is 1. The highest BCUT2D eigenvalue weighted by atomic mass is 32.1. The number of nitrogens with zero attached hydrogens (tertiary/aromatic N) is 2. The summed E-state index contributed by atoms with van der Waals surface area (Å²) < 4.78 is 5.35. The van der Waals surface area contributed by atoms with Crippen molar-refractivity contribution in [3.63, 3.8) is 0 Å². The lowest BCUT2D eigenvalue weighted by molar-refractivity contribution is 0.102. The molecule has 2 rings (SSSR count). The summed E-state index contributed by atoms with van der Waals surface area (Å²) in [6, 6.07) is 7.03. The van der Waals surface area contributed by atoms with Gasteiger partial charge in [-0.3, -0.25) is 10.1 Å². The normalized spacial score (nSPS) is 10.1. The average molecular weight is 263 g/mol. The van der Waals surface area contributed by atoms with Crippen molar-refractivity contribution < 1.29 is 9.53 Å². The van der Waals surface area contributed by atoms with Gasteiger partial charge in [-0.1, -0.05) is 17.4 Å². The van der Waals surface area contributed by atoms with Gasteiger partial charge in [0.1, 0.15) is 10.8 Å². The van der Waals surface area contributed by atoms with Gasteiger partial charge in [0.2, 0.25) is 5.13 Å². The van der Waals surface area contributed by atoms with E-state index in [1.807, 2.05) is 19.9 Å². The van der Waals surface area contributed by atoms with Gasteiger partial charge in [-0.25, -0.2) is 0 Å². The predicted octanol–water partition coefficient (Wildman–Crippen LogP) is 2.50. The van der Waals surface area contributed by atoms with Crippen LogP contribution in [0.3, 0.4) is 0 Å². The molecule has 2 aromatic rings. The molecule has 0 aliphatic carbocycles. The Morgan fingerprint density at radius 3 is 2.94 bits per heavy atom. The minimum atomic E-state index is -0.215. The smallest absolute Gasteiger partial charge is 0.257 e. The lowest BCUT2D eigenvalue weighted by Gasteiger charge is -2.05. The van der Waals surface area contributed by atoms with Gasteiger partial charge in [-0.05, 0) is 32.0 Å². The van der Waals surface area contributed by atoms with Crippen molar-refractivity contribution >= 4 is 22.4 Å². The maximum atomic E-state index is 12.0. The molecular formula is C12H13N3O2S. The van der Waals surface area contributed by atoms with Gasteiger partial charge in [0.15, 0.2) is 0 Å². The van der Waals surface area contributed by atoms with Crippen molar-refractivity contribution in [2.75, 3.05) is 11.9 Å². The van der Waals surface area contributed by atoms with E-state index in [-0.39, 0.29) is 5.91 Å². The third-order valence-corrected chi connectivity index (χ3v) is 2.91. The number of benzene rings is 1. The summed E-state index contributed by atoms with van der Waals surface area (Å²) in [5.41, 5.74) is 0.536. The van der Waals surface area contributed by atoms with E-state index in [9.17, 15) is 4.79 Å². The van der Waals surface area contributed by atoms with Crippen LogP contribution in [0.15, 0.2) is 24.3 Å². The minimum absolute atomic E-state index is 0.215. The number of nitrogens with one attached hydrogen (secondary N) is 1. The molecular weight excluding hydrogens is 250 g/mol. The maximum absolute atomic E-state index is 12.0. The standard InChI is InChI=1S/C12H13N3O2S/c1-3-17-10-6-4-5-9(7-10)11(16)13-12-15-14-8(2)18-12/h4-7H,3H2,1-2H3,(H,13,15,16). The Hall–Kier alpha value is -1.95. The Bertz CT molecular complexity index is 554. The highest BCUT2D eigenvalue weighted by Gasteiger charge is 2.09. The molecule has 0 fully saturated rings. The van der Waals surface area contributed by atoms with Crippen LogP contribution in [0.4, 0.5) is 5.13 Å². The molecule has 0 aliphatic rings. The summed E-state index contributed by atoms with van der Waals surface area (Å²) in [7, 11) is 0. The zero-order chi connectivity index (χ0) is 13.0. The number of aromatic nitrogens is 2. The first-order valence-electron chi connectivity index (χ1n) is 5.53. The molecule has 5 nitrogen and oxygen atoms in total. The van der Waals surface area contributed by atoms with E-state index in [0.717, 1.165) is 5.01 Å². The van der Waals surface area contributed by atoms with Gasteiger partial charge in [0, 0.05) is 5.56 Å². The Morgan fingerprint density at radius 1 is 1.44 bits per heavy atom. The molecule has 94 valence electrons. The second-order valence-corrected chi connectivity index (χ2v) is 4.72. The van der Waals surface area contributed by atoms with Crippen molar-refractivity contribution in [1.29, 1.82) is 0 Å². The molecule has 0 saturated carbocycles. The Morgan fingerprint density at radius 2 is 2.28 bits per heavy atom. The summed E-state index contributed by atoms with van der Waals surface area (Å²) in [5, 5.41) is 11.7. The van der Waals surface area contributed by atoms with E-state index < -0.39 is 0 Å². The van der Waals surface area contributed by atoms with E-state index in [2.05, 4.69) is 15.5 Å². The average Bonchev–Trinajstić information content (AvgIpc) is 2.75. The van der Waals surface area contributed by atoms with Gasteiger partial charge in [0.25, 0.3) is 5.91 Å². The molecule has 0 atom stereocenters. The topological polar surface area (TPSA) is 64.1 Å². The van der Waals surface area contributed by atoms with Gasteiger partial charge in [-0.15, -0.1) is 10.2 Å². The quantitative estimate of drug-likeness (QED) is 0.920. The summed E-state index contributed by atoms with van der Waals surface area (Å²) >= 11 is 1.34. The van der Waals surface area contributed by atoms with Crippen molar-refractivity contribution in [2.45, 2.75) is 13.8 Å². The Kier molecular flexibility index (Phi) is 3.88. The van der Waals surface area contributed by atoms with Crippen molar-refractivity contribution in [3.8, 4) is 5.75 Å². The van der Waals surface area contributed by atoms with Crippen LogP contribution >= 0.6 is 11.3 Å². The predicted molar refractivity (Wildman–Crippen MR) is 70.2 cm³/mol. The number of rotatable bonds is 4. The maximum Gasteiger partial charge on any atom is 0.257 e. The molecule has 1 aromatic carbocycles. The van der Waals surface area contributed by atoms with E-state index >= 15 is 0 Å². The van der Waals surface area contributed by atoms with Crippen LogP contribution in [0.1, 0.15) is 22.3 Å². The number of carbonyl (C=O) groups excluding carboxylic acids is 1. The second-order valence-electron chi connectivity index (χ2n) is 3.54. The van der Waals surface area contributed by atoms with Crippen molar-refractivity contribution in [2.24, 2.45) is 0 Å². The number of amides is 1. The number of hydrogen-bond acceptors (Lipinski definition) is 5. The zero-order valence-electron chi connectivity index (χ0n) is 10.1. The van der Waals surface area contributed by atoms with Crippen molar-refractivity contribution in [1.82, 2.24) is 10.2 Å². The fourth-order valence-corrected chi connectivity index (χ4v) is 2.00. The molecule has 1 heterocycles. The van der Waals surface area contributed by atoms with Crippen molar-refractivity contribution in [3.05, 3.63) is 34.8 Å². The monoisotopic (exact) mass is 263 g/mol. The SMILES string of the molecule is CCOc1cccc(C(=O)Nc2nnc(C)s2)c1. The van der Waals surface area contributed by atoms with E-state index in [4.69, 9.17) is 4.74 Å². The largest absolute Gasteiger partial charge is 0.494 e. The van der Waals surface area contributed by atoms with Crippen LogP contribution in [0, 0.1) is 6.92 Å². The van der Waals surface area contributed by atoms with Gasteiger partial charge in [-0.2, -0.15) is 0 Å². The molecule has 1 N–H and O–H groups in total. The summed E-state index contributed by atoms with van der Waals surface area (Å²) in [4.78, 5) is 12.0. The molecule has 0 radical (unpaired) electrons. The van der Waals surface area contributed by atoms with Gasteiger partial charge >= 0.3 is 0 Å². The summed E-state index contributed by atoms with van der Waals surface area (Å²) in [5.74, 6) is 0.464. The lowest BCUT2D eigenvalue weighted by atomic mass is 10.2. The first-order valence-corrected chi connectivity index (χ1v) is 6.35. The molecule has 1 aromatic heterocycles. The third-order valence-electron chi connectivity index (χ3n) is 2.15. The number of hydrogen-bond donors (Lipinski definition) is 1. The molecule has 6 heteroatoms. The van der Waals surface area contributed by atoms with E-state index in [1.54, 1.807) is 18.2 Å². The third kappa shape index (κ3) is 3.04. The number of aryl methyl sites for hydroxylation is 1. The molecule has 1 amide bonds. The highest BCUT2D eigenvalue weighted by Crippen LogP contribution is 2.17. The van der Waals surface area contributed by atoms with Crippen LogP contribution in [0.2, 0.25) is 0 Å². The number of ether oxygens (including phenoxy) is 1. The lowest BCUT2D eigenvalue weighted by Crippen LogP contribution is -2.11. The minimum Gasteiger partial charge on any atom is -0.494 e. The Labute approximate surface area is 109 Å². The molecule has 0 spiro atoms. The summed E-state index contributed by atoms with van der Waals surface area (Å²) in [6.45, 7) is 4.31. The molecule has 0 saturated heterocycles. The first kappa shape index (κ1) is 12.5. The fraction of sp³-hybridized carbons (Fsp3) is 0.250. The Balaban J connectivity index is 2.11. The van der Waals surface area contributed by atoms with E-state index in [1.165, 1.54) is 11.3 Å². The highest BCUT2D eigenvalue weighted by molar-refractivity contribution is 7.15. The van der Waals surface area contributed by atoms with Gasteiger partial charge < -0.3 is 4.74 Å². The van der Waals surface area contributed by atoms with Crippen LogP contribution in [0.5, 0.6) is 5.75 Å². The fourth-order valence-electron chi connectivity index (χ4n) is 1.41. The second kappa shape index (κ2) is 5.59. The molecule has 18 heavy (non-hydrogen) atoms. The van der Waals surface area contributed by atoms with E-state index in [0.29, 0.717) is 23.1 Å². The summed E-state index contributed by atoms with van der Waals surface area (Å²) in [6.07, 6.45) is 0. The molecule has 0 unspecified atom stereocenters. The van der Waals surface area contributed by atoms with Crippen LogP contribution in [-0.4, -0.2) is 22.7 Å². The molecule has 0 aliphatic heterocycles. The van der Waals surface area contributed by atoms with Crippen LogP contribution < -0.4 is 10.1 Å². The van der Waals surface area contributed by atoms with Gasteiger partial charge in [0.05, 0.1) is 6.61 Å². The van der Waals surface area contributed by atoms with Crippen LogP contribution in [-0.2, 0) is 0 Å². The van der Waals surface area contributed by atoms with Crippen LogP contribution in [0.25, 0.3) is 0 Å².